The van der Waals surface area contributed by atoms with E-state index in [4.69, 9.17) is 14.2 Å². The number of rotatable bonds is 6. The van der Waals surface area contributed by atoms with E-state index in [0.717, 1.165) is 49.5 Å². The standard InChI is InChI=1S/C25H32N2O4/c1-3-30-22-10-6-4-8-20(22)18-27-17-14-25(31-23-11-7-5-9-21(23)27)12-15-26(16-13-25)24(28)19-29-2/h4-11H,3,12-19H2,1-2H3. The maximum Gasteiger partial charge on any atom is 0.248 e. The first kappa shape index (κ1) is 21.5. The van der Waals surface area contributed by atoms with E-state index in [9.17, 15) is 4.79 Å². The van der Waals surface area contributed by atoms with Gasteiger partial charge in [-0.15, -0.1) is 0 Å². The van der Waals surface area contributed by atoms with Gasteiger partial charge in [-0.2, -0.15) is 0 Å². The number of ether oxygens (including phenoxy) is 3. The maximum absolute atomic E-state index is 12.2. The van der Waals surface area contributed by atoms with Crippen molar-refractivity contribution in [3.63, 3.8) is 0 Å². The van der Waals surface area contributed by atoms with Crippen LogP contribution in [0, 0.1) is 0 Å². The molecule has 166 valence electrons. The first-order valence-electron chi connectivity index (χ1n) is 11.1. The third kappa shape index (κ3) is 4.79. The summed E-state index contributed by atoms with van der Waals surface area (Å²) in [7, 11) is 1.56. The molecular weight excluding hydrogens is 392 g/mol. The van der Waals surface area contributed by atoms with Crippen molar-refractivity contribution in [1.29, 1.82) is 0 Å². The number of anilines is 1. The van der Waals surface area contributed by atoms with E-state index < -0.39 is 0 Å². The minimum Gasteiger partial charge on any atom is -0.494 e. The Morgan fingerprint density at radius 3 is 2.52 bits per heavy atom. The van der Waals surface area contributed by atoms with Gasteiger partial charge in [0.05, 0.1) is 12.3 Å². The molecule has 1 fully saturated rings. The number of benzene rings is 2. The smallest absolute Gasteiger partial charge is 0.248 e. The second-order valence-electron chi connectivity index (χ2n) is 8.28. The van der Waals surface area contributed by atoms with Gasteiger partial charge in [0.2, 0.25) is 5.91 Å². The Kier molecular flexibility index (Phi) is 6.66. The summed E-state index contributed by atoms with van der Waals surface area (Å²) in [5, 5.41) is 0. The van der Waals surface area contributed by atoms with Crippen molar-refractivity contribution in [2.45, 2.75) is 38.3 Å². The third-order valence-corrected chi connectivity index (χ3v) is 6.30. The molecule has 0 radical (unpaired) electrons. The van der Waals surface area contributed by atoms with Crippen LogP contribution in [0.3, 0.4) is 0 Å². The lowest BCUT2D eigenvalue weighted by Gasteiger charge is -2.41. The van der Waals surface area contributed by atoms with Gasteiger partial charge in [-0.05, 0) is 25.1 Å². The molecule has 0 aromatic heterocycles. The fourth-order valence-electron chi connectivity index (χ4n) is 4.58. The zero-order chi connectivity index (χ0) is 21.7. The molecule has 1 amide bonds. The minimum absolute atomic E-state index is 0.0560. The highest BCUT2D eigenvalue weighted by molar-refractivity contribution is 5.77. The van der Waals surface area contributed by atoms with Crippen LogP contribution in [-0.2, 0) is 16.1 Å². The Bertz CT molecular complexity index is 893. The quantitative estimate of drug-likeness (QED) is 0.704. The monoisotopic (exact) mass is 424 g/mol. The van der Waals surface area contributed by atoms with Crippen LogP contribution in [-0.4, -0.2) is 56.4 Å². The average Bonchev–Trinajstić information content (AvgIpc) is 2.93. The SMILES string of the molecule is CCOc1ccccc1CN1CCC2(CCN(C(=O)COC)CC2)Oc2ccccc21. The molecular formula is C25H32N2O4. The normalized spacial score (nSPS) is 17.6. The molecule has 2 aromatic carbocycles. The first-order valence-corrected chi connectivity index (χ1v) is 11.1. The molecule has 0 unspecified atom stereocenters. The van der Waals surface area contributed by atoms with Crippen LogP contribution < -0.4 is 14.4 Å². The van der Waals surface area contributed by atoms with Gasteiger partial charge >= 0.3 is 0 Å². The van der Waals surface area contributed by atoms with Crippen LogP contribution in [0.25, 0.3) is 0 Å². The zero-order valence-corrected chi connectivity index (χ0v) is 18.5. The number of methoxy groups -OCH3 is 1. The predicted octanol–water partition coefficient (Wildman–Crippen LogP) is 3.88. The molecule has 2 aliphatic rings. The number of hydrogen-bond acceptors (Lipinski definition) is 5. The molecule has 0 saturated carbocycles. The molecule has 1 saturated heterocycles. The summed E-state index contributed by atoms with van der Waals surface area (Å²) in [4.78, 5) is 16.5. The lowest BCUT2D eigenvalue weighted by Crippen LogP contribution is -2.50. The topological polar surface area (TPSA) is 51.2 Å². The average molecular weight is 425 g/mol. The van der Waals surface area contributed by atoms with Crippen molar-refractivity contribution in [3.05, 3.63) is 54.1 Å². The summed E-state index contributed by atoms with van der Waals surface area (Å²) in [6.07, 6.45) is 2.59. The van der Waals surface area contributed by atoms with Gasteiger partial charge < -0.3 is 24.0 Å². The molecule has 0 bridgehead atoms. The van der Waals surface area contributed by atoms with Gasteiger partial charge in [-0.3, -0.25) is 4.79 Å². The number of likely N-dealkylation sites (tertiary alicyclic amines) is 1. The summed E-state index contributed by atoms with van der Waals surface area (Å²) in [6, 6.07) is 16.5. The van der Waals surface area contributed by atoms with Crippen LogP contribution in [0.1, 0.15) is 31.7 Å². The predicted molar refractivity (Wildman–Crippen MR) is 121 cm³/mol. The number of fused-ring (bicyclic) bond motifs is 1. The van der Waals surface area contributed by atoms with E-state index in [-0.39, 0.29) is 18.1 Å². The molecule has 6 nitrogen and oxygen atoms in total. The van der Waals surface area contributed by atoms with Crippen molar-refractivity contribution < 1.29 is 19.0 Å². The van der Waals surface area contributed by atoms with Crippen molar-refractivity contribution in [2.75, 3.05) is 44.9 Å². The van der Waals surface area contributed by atoms with Crippen LogP contribution >= 0.6 is 0 Å². The second kappa shape index (κ2) is 9.60. The Labute approximate surface area is 184 Å². The third-order valence-electron chi connectivity index (χ3n) is 6.30. The van der Waals surface area contributed by atoms with Crippen molar-refractivity contribution in [3.8, 4) is 11.5 Å². The lowest BCUT2D eigenvalue weighted by atomic mass is 9.87. The first-order chi connectivity index (χ1) is 15.1. The van der Waals surface area contributed by atoms with Crippen molar-refractivity contribution >= 4 is 11.6 Å². The van der Waals surface area contributed by atoms with E-state index in [2.05, 4.69) is 35.2 Å². The number of piperidine rings is 1. The Hall–Kier alpha value is -2.73. The number of amides is 1. The van der Waals surface area contributed by atoms with E-state index in [0.29, 0.717) is 19.7 Å². The van der Waals surface area contributed by atoms with Gasteiger partial charge in [0, 0.05) is 58.1 Å². The lowest BCUT2D eigenvalue weighted by molar-refractivity contribution is -0.138. The molecule has 2 aromatic rings. The van der Waals surface area contributed by atoms with Gasteiger partial charge in [-0.1, -0.05) is 30.3 Å². The molecule has 0 aliphatic carbocycles. The highest BCUT2D eigenvalue weighted by Crippen LogP contribution is 2.41. The highest BCUT2D eigenvalue weighted by atomic mass is 16.5. The molecule has 4 rings (SSSR count). The molecule has 6 heteroatoms. The number of para-hydroxylation sites is 3. The number of nitrogens with zero attached hydrogens (tertiary/aromatic N) is 2. The molecule has 2 aliphatic heterocycles. The second-order valence-corrected chi connectivity index (χ2v) is 8.28. The summed E-state index contributed by atoms with van der Waals surface area (Å²) < 4.78 is 17.6. The summed E-state index contributed by atoms with van der Waals surface area (Å²) >= 11 is 0. The summed E-state index contributed by atoms with van der Waals surface area (Å²) in [5.41, 5.74) is 2.05. The van der Waals surface area contributed by atoms with Crippen LogP contribution in [0.4, 0.5) is 5.69 Å². The van der Waals surface area contributed by atoms with E-state index >= 15 is 0 Å². The fourth-order valence-corrected chi connectivity index (χ4v) is 4.58. The van der Waals surface area contributed by atoms with Crippen LogP contribution in [0.2, 0.25) is 0 Å². The highest BCUT2D eigenvalue weighted by Gasteiger charge is 2.40. The van der Waals surface area contributed by atoms with Gasteiger partial charge in [0.15, 0.2) is 0 Å². The van der Waals surface area contributed by atoms with E-state index in [1.54, 1.807) is 7.11 Å². The zero-order valence-electron chi connectivity index (χ0n) is 18.5. The summed E-state index contributed by atoms with van der Waals surface area (Å²) in [5.74, 6) is 1.92. The fraction of sp³-hybridized carbons (Fsp3) is 0.480. The largest absolute Gasteiger partial charge is 0.494 e. The van der Waals surface area contributed by atoms with Crippen molar-refractivity contribution in [1.82, 2.24) is 4.90 Å². The van der Waals surface area contributed by atoms with Gasteiger partial charge in [-0.25, -0.2) is 0 Å². The number of carbonyl (C=O) groups excluding carboxylic acids is 1. The maximum atomic E-state index is 12.2. The van der Waals surface area contributed by atoms with Gasteiger partial charge in [0.1, 0.15) is 23.7 Å². The Balaban J connectivity index is 1.53. The van der Waals surface area contributed by atoms with Crippen molar-refractivity contribution in [2.24, 2.45) is 0 Å². The van der Waals surface area contributed by atoms with E-state index in [1.807, 2.05) is 30.0 Å². The molecule has 2 heterocycles. The molecule has 0 N–H and O–H groups in total. The number of carbonyl (C=O) groups is 1. The molecule has 1 spiro atoms. The van der Waals surface area contributed by atoms with Crippen LogP contribution in [0.5, 0.6) is 11.5 Å². The van der Waals surface area contributed by atoms with Gasteiger partial charge in [0.25, 0.3) is 0 Å². The minimum atomic E-state index is -0.242. The van der Waals surface area contributed by atoms with Crippen LogP contribution in [0.15, 0.2) is 48.5 Å². The number of hydrogen-bond donors (Lipinski definition) is 0. The Morgan fingerprint density at radius 1 is 1.03 bits per heavy atom. The molecule has 31 heavy (non-hydrogen) atoms. The van der Waals surface area contributed by atoms with E-state index in [1.165, 1.54) is 5.56 Å². The Morgan fingerprint density at radius 2 is 1.74 bits per heavy atom. The summed E-state index contributed by atoms with van der Waals surface area (Å²) in [6.45, 7) is 5.88. The molecule has 0 atom stereocenters.